The van der Waals surface area contributed by atoms with Crippen LogP contribution in [0.5, 0.6) is 0 Å². The van der Waals surface area contributed by atoms with Crippen molar-refractivity contribution in [3.05, 3.63) is 18.7 Å². The fraction of sp³-hybridized carbons (Fsp3) is 0.625. The van der Waals surface area contributed by atoms with Crippen LogP contribution in [-0.4, -0.2) is 14.9 Å². The maximum atomic E-state index is 4.02. The van der Waals surface area contributed by atoms with Gasteiger partial charge in [0.15, 0.2) is 0 Å². The summed E-state index contributed by atoms with van der Waals surface area (Å²) < 4.78 is 2.16. The summed E-state index contributed by atoms with van der Waals surface area (Å²) in [6, 6.07) is 0. The number of rotatable bonds is 3. The van der Waals surface area contributed by atoms with Crippen LogP contribution >= 0.6 is 15.9 Å². The van der Waals surface area contributed by atoms with Crippen molar-refractivity contribution in [2.75, 3.05) is 5.33 Å². The molecule has 1 aromatic heterocycles. The van der Waals surface area contributed by atoms with Crippen LogP contribution in [0.2, 0.25) is 0 Å². The van der Waals surface area contributed by atoms with Crippen LogP contribution in [0.3, 0.4) is 0 Å². The largest absolute Gasteiger partial charge is 0.337 e. The van der Waals surface area contributed by atoms with Gasteiger partial charge >= 0.3 is 0 Å². The molecule has 1 fully saturated rings. The third-order valence-electron chi connectivity index (χ3n) is 2.32. The van der Waals surface area contributed by atoms with Crippen molar-refractivity contribution in [3.63, 3.8) is 0 Å². The molecule has 0 spiro atoms. The van der Waals surface area contributed by atoms with Gasteiger partial charge in [0.1, 0.15) is 0 Å². The van der Waals surface area contributed by atoms with Gasteiger partial charge in [-0.1, -0.05) is 15.9 Å². The van der Waals surface area contributed by atoms with E-state index in [-0.39, 0.29) is 0 Å². The van der Waals surface area contributed by atoms with Gasteiger partial charge in [-0.3, -0.25) is 0 Å². The van der Waals surface area contributed by atoms with Crippen molar-refractivity contribution in [2.45, 2.75) is 19.4 Å². The van der Waals surface area contributed by atoms with Crippen molar-refractivity contribution in [1.82, 2.24) is 9.55 Å². The molecular weight excluding hydrogens is 204 g/mol. The fourth-order valence-electron chi connectivity index (χ4n) is 1.28. The Hall–Kier alpha value is -0.310. The van der Waals surface area contributed by atoms with E-state index < -0.39 is 0 Å². The molecule has 0 amide bonds. The molecule has 1 saturated carbocycles. The lowest BCUT2D eigenvalue weighted by atomic mass is 10.1. The average Bonchev–Trinajstić information content (AvgIpc) is 2.59. The minimum Gasteiger partial charge on any atom is -0.337 e. The second kappa shape index (κ2) is 2.63. The van der Waals surface area contributed by atoms with Gasteiger partial charge in [-0.2, -0.15) is 0 Å². The number of alkyl halides is 1. The Kier molecular flexibility index (Phi) is 1.75. The highest BCUT2D eigenvalue weighted by Crippen LogP contribution is 2.48. The zero-order valence-corrected chi connectivity index (χ0v) is 7.92. The number of hydrogen-bond donors (Lipinski definition) is 0. The molecule has 2 nitrogen and oxygen atoms in total. The van der Waals surface area contributed by atoms with Crippen LogP contribution in [0.25, 0.3) is 0 Å². The molecule has 0 aromatic carbocycles. The first-order valence-corrected chi connectivity index (χ1v) is 4.99. The number of hydrogen-bond acceptors (Lipinski definition) is 1. The smallest absolute Gasteiger partial charge is 0.0946 e. The highest BCUT2D eigenvalue weighted by molar-refractivity contribution is 9.09. The van der Waals surface area contributed by atoms with Gasteiger partial charge in [0.2, 0.25) is 0 Å². The van der Waals surface area contributed by atoms with Crippen molar-refractivity contribution >= 4 is 15.9 Å². The van der Waals surface area contributed by atoms with Crippen LogP contribution in [-0.2, 0) is 6.54 Å². The lowest BCUT2D eigenvalue weighted by Gasteiger charge is -2.10. The Morgan fingerprint density at radius 3 is 2.82 bits per heavy atom. The zero-order valence-electron chi connectivity index (χ0n) is 6.33. The Balaban J connectivity index is 2.01. The molecule has 3 heteroatoms. The minimum atomic E-state index is 0.556. The molecule has 0 aliphatic heterocycles. The molecule has 0 saturated heterocycles. The first kappa shape index (κ1) is 7.35. The summed E-state index contributed by atoms with van der Waals surface area (Å²) >= 11 is 3.55. The van der Waals surface area contributed by atoms with Gasteiger partial charge in [-0.25, -0.2) is 4.98 Å². The van der Waals surface area contributed by atoms with E-state index in [0.29, 0.717) is 5.41 Å². The molecule has 0 N–H and O–H groups in total. The Morgan fingerprint density at radius 1 is 1.55 bits per heavy atom. The monoisotopic (exact) mass is 214 g/mol. The quantitative estimate of drug-likeness (QED) is 0.705. The normalized spacial score (nSPS) is 20.1. The fourth-order valence-corrected chi connectivity index (χ4v) is 2.02. The Labute approximate surface area is 74.8 Å². The van der Waals surface area contributed by atoms with Gasteiger partial charge in [0, 0.05) is 24.3 Å². The van der Waals surface area contributed by atoms with E-state index in [9.17, 15) is 0 Å². The summed E-state index contributed by atoms with van der Waals surface area (Å²) in [5.41, 5.74) is 0.556. The third kappa shape index (κ3) is 1.48. The van der Waals surface area contributed by atoms with Crippen molar-refractivity contribution < 1.29 is 0 Å². The first-order valence-electron chi connectivity index (χ1n) is 3.86. The van der Waals surface area contributed by atoms with Gasteiger partial charge in [-0.05, 0) is 18.3 Å². The van der Waals surface area contributed by atoms with Crippen LogP contribution in [0, 0.1) is 5.41 Å². The number of aromatic nitrogens is 2. The van der Waals surface area contributed by atoms with Crippen LogP contribution in [0.1, 0.15) is 12.8 Å². The summed E-state index contributed by atoms with van der Waals surface area (Å²) in [5.74, 6) is 0. The highest BCUT2D eigenvalue weighted by atomic mass is 79.9. The lowest BCUT2D eigenvalue weighted by Crippen LogP contribution is -2.11. The standard InChI is InChI=1S/C8H11BrN2/c9-5-8(1-2-8)6-11-4-3-10-7-11/h3-4,7H,1-2,5-6H2. The SMILES string of the molecule is BrCC1(Cn2ccnc2)CC1. The van der Waals surface area contributed by atoms with Crippen molar-refractivity contribution in [1.29, 1.82) is 0 Å². The van der Waals surface area contributed by atoms with Gasteiger partial charge in [0.05, 0.1) is 6.33 Å². The second-order valence-corrected chi connectivity index (χ2v) is 3.93. The topological polar surface area (TPSA) is 17.8 Å². The second-order valence-electron chi connectivity index (χ2n) is 3.37. The Bertz CT molecular complexity index is 226. The molecule has 1 aliphatic rings. The number of imidazole rings is 1. The van der Waals surface area contributed by atoms with E-state index in [2.05, 4.69) is 25.5 Å². The molecule has 0 atom stereocenters. The van der Waals surface area contributed by atoms with E-state index in [1.54, 1.807) is 0 Å². The maximum Gasteiger partial charge on any atom is 0.0946 e. The van der Waals surface area contributed by atoms with E-state index in [1.165, 1.54) is 12.8 Å². The number of nitrogens with zero attached hydrogens (tertiary/aromatic N) is 2. The molecular formula is C8H11BrN2. The molecule has 0 bridgehead atoms. The summed E-state index contributed by atoms with van der Waals surface area (Å²) in [6.07, 6.45) is 8.47. The summed E-state index contributed by atoms with van der Waals surface area (Å²) in [7, 11) is 0. The van der Waals surface area contributed by atoms with Gasteiger partial charge in [-0.15, -0.1) is 0 Å². The summed E-state index contributed by atoms with van der Waals surface area (Å²) in [6.45, 7) is 1.12. The molecule has 1 heterocycles. The van der Waals surface area contributed by atoms with Crippen molar-refractivity contribution in [3.8, 4) is 0 Å². The summed E-state index contributed by atoms with van der Waals surface area (Å²) in [5, 5.41) is 1.12. The predicted molar refractivity (Wildman–Crippen MR) is 47.7 cm³/mol. The lowest BCUT2D eigenvalue weighted by molar-refractivity contribution is 0.475. The van der Waals surface area contributed by atoms with Crippen molar-refractivity contribution in [2.24, 2.45) is 5.41 Å². The summed E-state index contributed by atoms with van der Waals surface area (Å²) in [4.78, 5) is 4.02. The molecule has 1 aliphatic carbocycles. The van der Waals surface area contributed by atoms with Crippen LogP contribution < -0.4 is 0 Å². The molecule has 11 heavy (non-hydrogen) atoms. The van der Waals surface area contributed by atoms with E-state index in [1.807, 2.05) is 18.7 Å². The van der Waals surface area contributed by atoms with Gasteiger partial charge in [0.25, 0.3) is 0 Å². The molecule has 0 radical (unpaired) electrons. The van der Waals surface area contributed by atoms with E-state index in [0.717, 1.165) is 11.9 Å². The highest BCUT2D eigenvalue weighted by Gasteiger charge is 2.41. The zero-order chi connectivity index (χ0) is 7.73. The predicted octanol–water partition coefficient (Wildman–Crippen LogP) is 2.06. The number of halogens is 1. The molecule has 60 valence electrons. The minimum absolute atomic E-state index is 0.556. The van der Waals surface area contributed by atoms with E-state index in [4.69, 9.17) is 0 Å². The maximum absolute atomic E-state index is 4.02. The van der Waals surface area contributed by atoms with E-state index >= 15 is 0 Å². The van der Waals surface area contributed by atoms with Crippen LogP contribution in [0.4, 0.5) is 0 Å². The molecule has 0 unspecified atom stereocenters. The average molecular weight is 215 g/mol. The molecule has 2 rings (SSSR count). The van der Waals surface area contributed by atoms with Gasteiger partial charge < -0.3 is 4.57 Å². The first-order chi connectivity index (χ1) is 5.35. The molecule has 1 aromatic rings. The van der Waals surface area contributed by atoms with Crippen LogP contribution in [0.15, 0.2) is 18.7 Å². The third-order valence-corrected chi connectivity index (χ3v) is 3.51. The Morgan fingerprint density at radius 2 is 2.36 bits per heavy atom.